The number of carbonyl (C=O) groups is 1. The molecule has 0 bridgehead atoms. The second-order valence-corrected chi connectivity index (χ2v) is 7.71. The van der Waals surface area contributed by atoms with Gasteiger partial charge in [-0.25, -0.2) is 0 Å². The molecule has 4 nitrogen and oxygen atoms in total. The fourth-order valence-electron chi connectivity index (χ4n) is 4.56. The molecule has 0 aliphatic heterocycles. The number of amides is 1. The molecule has 0 saturated heterocycles. The minimum absolute atomic E-state index is 0.146. The van der Waals surface area contributed by atoms with Gasteiger partial charge in [0.15, 0.2) is 0 Å². The summed E-state index contributed by atoms with van der Waals surface area (Å²) in [7, 11) is 3.95. The Bertz CT molecular complexity index is 739. The minimum Gasteiger partial charge on any atom is -0.342 e. The van der Waals surface area contributed by atoms with Crippen LogP contribution < -0.4 is 0 Å². The van der Waals surface area contributed by atoms with E-state index in [-0.39, 0.29) is 5.92 Å². The van der Waals surface area contributed by atoms with E-state index in [0.29, 0.717) is 23.8 Å². The molecule has 1 aromatic heterocycles. The van der Waals surface area contributed by atoms with Crippen LogP contribution in [0.2, 0.25) is 0 Å². The zero-order chi connectivity index (χ0) is 17.4. The third-order valence-electron chi connectivity index (χ3n) is 6.06. The van der Waals surface area contributed by atoms with E-state index in [1.165, 1.54) is 30.4 Å². The molecule has 2 aliphatic carbocycles. The highest BCUT2D eigenvalue weighted by Gasteiger charge is 2.47. The molecule has 0 spiro atoms. The summed E-state index contributed by atoms with van der Waals surface area (Å²) in [5.41, 5.74) is 2.59. The number of hydrogen-bond donors (Lipinski definition) is 0. The number of aromatic nitrogens is 2. The molecule has 1 heterocycles. The summed E-state index contributed by atoms with van der Waals surface area (Å²) in [6.45, 7) is 0. The van der Waals surface area contributed by atoms with Crippen molar-refractivity contribution in [1.29, 1.82) is 0 Å². The predicted molar refractivity (Wildman–Crippen MR) is 98.3 cm³/mol. The molecule has 2 unspecified atom stereocenters. The average Bonchev–Trinajstić information content (AvgIpc) is 3.35. The highest BCUT2D eigenvalue weighted by Crippen LogP contribution is 2.49. The molecule has 2 fully saturated rings. The standard InChI is InChI=1S/C21H27N3O/c1-23-14-16(13-22-23)18-12-19(18)21(25)24(2)20-11-7-6-10-17(20)15-8-4-3-5-9-15/h3-5,8-9,13-14,17-20H,6-7,10-12H2,1-2H3/t17?,18-,19+,20?/m0/s1. The van der Waals surface area contributed by atoms with Crippen molar-refractivity contribution in [3.8, 4) is 0 Å². The lowest BCUT2D eigenvalue weighted by Crippen LogP contribution is -2.43. The van der Waals surface area contributed by atoms with Crippen molar-refractivity contribution in [2.45, 2.75) is 50.0 Å². The van der Waals surface area contributed by atoms with Crippen LogP contribution in [0.15, 0.2) is 42.7 Å². The zero-order valence-corrected chi connectivity index (χ0v) is 15.1. The summed E-state index contributed by atoms with van der Waals surface area (Å²) in [5, 5.41) is 4.25. The van der Waals surface area contributed by atoms with Crippen molar-refractivity contribution in [2.75, 3.05) is 7.05 Å². The maximum Gasteiger partial charge on any atom is 0.226 e. The van der Waals surface area contributed by atoms with Gasteiger partial charge in [-0.2, -0.15) is 5.10 Å². The third kappa shape index (κ3) is 3.22. The Morgan fingerprint density at radius 2 is 1.88 bits per heavy atom. The predicted octanol–water partition coefficient (Wildman–Crippen LogP) is 3.71. The first-order chi connectivity index (χ1) is 12.1. The first-order valence-corrected chi connectivity index (χ1v) is 9.45. The molecule has 2 aliphatic rings. The normalized spacial score (nSPS) is 28.6. The summed E-state index contributed by atoms with van der Waals surface area (Å²) in [6, 6.07) is 11.1. The van der Waals surface area contributed by atoms with Gasteiger partial charge in [0.2, 0.25) is 5.91 Å². The van der Waals surface area contributed by atoms with Crippen LogP contribution in [0, 0.1) is 5.92 Å². The largest absolute Gasteiger partial charge is 0.342 e. The number of hydrogen-bond acceptors (Lipinski definition) is 2. The van der Waals surface area contributed by atoms with Crippen LogP contribution in [-0.2, 0) is 11.8 Å². The van der Waals surface area contributed by atoms with E-state index in [2.05, 4.69) is 40.3 Å². The smallest absolute Gasteiger partial charge is 0.226 e. The van der Waals surface area contributed by atoms with Crippen LogP contribution in [0.4, 0.5) is 0 Å². The topological polar surface area (TPSA) is 38.1 Å². The number of carbonyl (C=O) groups excluding carboxylic acids is 1. The van der Waals surface area contributed by atoms with E-state index in [4.69, 9.17) is 0 Å². The molecule has 1 amide bonds. The average molecular weight is 337 g/mol. The maximum atomic E-state index is 13.1. The lowest BCUT2D eigenvalue weighted by Gasteiger charge is -2.38. The highest BCUT2D eigenvalue weighted by molar-refractivity contribution is 5.83. The molecule has 1 aromatic carbocycles. The fourth-order valence-corrected chi connectivity index (χ4v) is 4.56. The van der Waals surface area contributed by atoms with Crippen molar-refractivity contribution >= 4 is 5.91 Å². The van der Waals surface area contributed by atoms with Crippen LogP contribution in [0.1, 0.15) is 55.1 Å². The first kappa shape index (κ1) is 16.4. The monoisotopic (exact) mass is 337 g/mol. The van der Waals surface area contributed by atoms with Gasteiger partial charge in [-0.3, -0.25) is 9.48 Å². The molecule has 132 valence electrons. The lowest BCUT2D eigenvalue weighted by atomic mass is 9.79. The molecule has 4 atom stereocenters. The van der Waals surface area contributed by atoms with Gasteiger partial charge in [-0.1, -0.05) is 43.2 Å². The van der Waals surface area contributed by atoms with Crippen molar-refractivity contribution in [3.05, 3.63) is 53.9 Å². The van der Waals surface area contributed by atoms with E-state index in [9.17, 15) is 4.79 Å². The molecule has 0 N–H and O–H groups in total. The Hall–Kier alpha value is -2.10. The lowest BCUT2D eigenvalue weighted by molar-refractivity contribution is -0.134. The summed E-state index contributed by atoms with van der Waals surface area (Å²) in [6.07, 6.45) is 9.71. The number of rotatable bonds is 4. The van der Waals surface area contributed by atoms with E-state index in [0.717, 1.165) is 12.8 Å². The summed E-state index contributed by atoms with van der Waals surface area (Å²) < 4.78 is 1.82. The van der Waals surface area contributed by atoms with Gasteiger partial charge in [0.05, 0.1) is 6.20 Å². The summed E-state index contributed by atoms with van der Waals surface area (Å²) in [4.78, 5) is 15.1. The van der Waals surface area contributed by atoms with Crippen molar-refractivity contribution in [3.63, 3.8) is 0 Å². The Morgan fingerprint density at radius 1 is 1.12 bits per heavy atom. The van der Waals surface area contributed by atoms with Crippen molar-refractivity contribution < 1.29 is 4.79 Å². The van der Waals surface area contributed by atoms with Gasteiger partial charge >= 0.3 is 0 Å². The third-order valence-corrected chi connectivity index (χ3v) is 6.06. The van der Waals surface area contributed by atoms with Crippen LogP contribution in [0.5, 0.6) is 0 Å². The van der Waals surface area contributed by atoms with Crippen LogP contribution in [0.3, 0.4) is 0 Å². The van der Waals surface area contributed by atoms with E-state index < -0.39 is 0 Å². The molecule has 2 aromatic rings. The molecule has 4 rings (SSSR count). The van der Waals surface area contributed by atoms with Crippen molar-refractivity contribution in [1.82, 2.24) is 14.7 Å². The van der Waals surface area contributed by atoms with Crippen LogP contribution in [0.25, 0.3) is 0 Å². The first-order valence-electron chi connectivity index (χ1n) is 9.45. The second-order valence-electron chi connectivity index (χ2n) is 7.71. The number of nitrogens with zero attached hydrogens (tertiary/aromatic N) is 3. The van der Waals surface area contributed by atoms with Gasteiger partial charge in [0.25, 0.3) is 0 Å². The van der Waals surface area contributed by atoms with Gasteiger partial charge in [-0.15, -0.1) is 0 Å². The van der Waals surface area contributed by atoms with E-state index >= 15 is 0 Å². The van der Waals surface area contributed by atoms with Gasteiger partial charge in [0, 0.05) is 38.2 Å². The molecule has 25 heavy (non-hydrogen) atoms. The quantitative estimate of drug-likeness (QED) is 0.853. The zero-order valence-electron chi connectivity index (χ0n) is 15.1. The van der Waals surface area contributed by atoms with Crippen LogP contribution in [-0.4, -0.2) is 33.7 Å². The molecular weight excluding hydrogens is 310 g/mol. The van der Waals surface area contributed by atoms with Gasteiger partial charge in [0.1, 0.15) is 0 Å². The van der Waals surface area contributed by atoms with Crippen molar-refractivity contribution in [2.24, 2.45) is 13.0 Å². The maximum absolute atomic E-state index is 13.1. The van der Waals surface area contributed by atoms with Gasteiger partial charge in [-0.05, 0) is 36.3 Å². The second kappa shape index (κ2) is 6.66. The number of benzene rings is 1. The SMILES string of the molecule is CN(C(=O)[C@@H]1C[C@H]1c1cnn(C)c1)C1CCCCC1c1ccccc1. The Morgan fingerprint density at radius 3 is 2.60 bits per heavy atom. The van der Waals surface area contributed by atoms with Crippen LogP contribution >= 0.6 is 0 Å². The van der Waals surface area contributed by atoms with E-state index in [1.807, 2.05) is 31.2 Å². The Labute approximate surface area is 149 Å². The summed E-state index contributed by atoms with van der Waals surface area (Å²) >= 11 is 0. The molecule has 2 saturated carbocycles. The number of likely N-dealkylation sites (N-methyl/N-ethyl adjacent to an activating group) is 1. The Balaban J connectivity index is 1.47. The molecular formula is C21H27N3O. The number of aryl methyl sites for hydroxylation is 1. The fraction of sp³-hybridized carbons (Fsp3) is 0.524. The minimum atomic E-state index is 0.146. The van der Waals surface area contributed by atoms with E-state index in [1.54, 1.807) is 0 Å². The molecule has 0 radical (unpaired) electrons. The molecule has 4 heteroatoms. The van der Waals surface area contributed by atoms with Gasteiger partial charge < -0.3 is 4.90 Å². The summed E-state index contributed by atoms with van der Waals surface area (Å²) in [5.74, 6) is 1.30. The highest BCUT2D eigenvalue weighted by atomic mass is 16.2. The Kier molecular flexibility index (Phi) is 4.36.